The molecule has 0 aliphatic carbocycles. The Morgan fingerprint density at radius 3 is 3.00 bits per heavy atom. The van der Waals surface area contributed by atoms with Crippen LogP contribution < -0.4 is 14.8 Å². The summed E-state index contributed by atoms with van der Waals surface area (Å²) in [5, 5.41) is 3.93. The van der Waals surface area contributed by atoms with Crippen LogP contribution in [0.3, 0.4) is 0 Å². The average Bonchev–Trinajstić information content (AvgIpc) is 2.64. The molecule has 0 amide bonds. The van der Waals surface area contributed by atoms with Crippen LogP contribution in [0.4, 0.5) is 0 Å². The zero-order valence-electron chi connectivity index (χ0n) is 11.2. The zero-order valence-corrected chi connectivity index (χ0v) is 12.0. The first-order valence-corrected chi connectivity index (χ1v) is 7.15. The van der Waals surface area contributed by atoms with Gasteiger partial charge in [0.1, 0.15) is 0 Å². The number of nitrogens with one attached hydrogen (secondary N) is 1. The van der Waals surface area contributed by atoms with E-state index in [1.165, 1.54) is 0 Å². The van der Waals surface area contributed by atoms with E-state index in [1.54, 1.807) is 0 Å². The van der Waals surface area contributed by atoms with Crippen LogP contribution in [0.2, 0.25) is 5.02 Å². The van der Waals surface area contributed by atoms with Gasteiger partial charge in [0.25, 0.3) is 0 Å². The summed E-state index contributed by atoms with van der Waals surface area (Å²) in [4.78, 5) is 0. The van der Waals surface area contributed by atoms with Crippen molar-refractivity contribution in [3.8, 4) is 11.5 Å². The number of benzene rings is 1. The highest BCUT2D eigenvalue weighted by atomic mass is 35.5. The van der Waals surface area contributed by atoms with Gasteiger partial charge in [0.05, 0.1) is 18.2 Å². The normalized spacial score (nSPS) is 14.6. The summed E-state index contributed by atoms with van der Waals surface area (Å²) in [5.41, 5.74) is 1.03. The van der Waals surface area contributed by atoms with Crippen molar-refractivity contribution in [3.05, 3.63) is 28.8 Å². The maximum atomic E-state index is 6.23. The first kappa shape index (κ1) is 14.2. The summed E-state index contributed by atoms with van der Waals surface area (Å²) >= 11 is 6.23. The zero-order chi connectivity index (χ0) is 13.5. The van der Waals surface area contributed by atoms with E-state index in [0.29, 0.717) is 24.0 Å². The SMILES string of the molecule is CCCNCC=Cc1cc(Cl)c2c(c1)OCCCO2. The van der Waals surface area contributed by atoms with Crippen molar-refractivity contribution in [3.63, 3.8) is 0 Å². The van der Waals surface area contributed by atoms with E-state index >= 15 is 0 Å². The van der Waals surface area contributed by atoms with Gasteiger partial charge in [-0.2, -0.15) is 0 Å². The van der Waals surface area contributed by atoms with Crippen LogP contribution in [-0.2, 0) is 0 Å². The standard InChI is InChI=1S/C15H20ClNO2/c1-2-6-17-7-3-5-12-10-13(16)15-14(11-12)18-8-4-9-19-15/h3,5,10-11,17H,2,4,6-9H2,1H3. The Morgan fingerprint density at radius 1 is 1.32 bits per heavy atom. The minimum Gasteiger partial charge on any atom is -0.489 e. The van der Waals surface area contributed by atoms with Gasteiger partial charge in [-0.15, -0.1) is 0 Å². The summed E-state index contributed by atoms with van der Waals surface area (Å²) < 4.78 is 11.3. The third-order valence-corrected chi connectivity index (χ3v) is 3.10. The van der Waals surface area contributed by atoms with Gasteiger partial charge in [0.15, 0.2) is 11.5 Å². The van der Waals surface area contributed by atoms with Gasteiger partial charge in [-0.25, -0.2) is 0 Å². The molecule has 0 bridgehead atoms. The molecule has 2 rings (SSSR count). The van der Waals surface area contributed by atoms with E-state index in [9.17, 15) is 0 Å². The Hall–Kier alpha value is -1.19. The maximum absolute atomic E-state index is 6.23. The van der Waals surface area contributed by atoms with Crippen molar-refractivity contribution >= 4 is 17.7 Å². The van der Waals surface area contributed by atoms with Crippen LogP contribution in [0.1, 0.15) is 25.3 Å². The fourth-order valence-corrected chi connectivity index (χ4v) is 2.18. The summed E-state index contributed by atoms with van der Waals surface area (Å²) in [5.74, 6) is 1.41. The van der Waals surface area contributed by atoms with Gasteiger partial charge in [-0.3, -0.25) is 0 Å². The molecule has 4 heteroatoms. The Balaban J connectivity index is 2.06. The van der Waals surface area contributed by atoms with Crippen LogP contribution in [0.25, 0.3) is 6.08 Å². The predicted octanol–water partition coefficient (Wildman–Crippen LogP) is 3.51. The van der Waals surface area contributed by atoms with Gasteiger partial charge in [0.2, 0.25) is 0 Å². The molecule has 1 aliphatic heterocycles. The topological polar surface area (TPSA) is 30.5 Å². The molecule has 1 aromatic rings. The highest BCUT2D eigenvalue weighted by Crippen LogP contribution is 2.38. The molecule has 0 saturated heterocycles. The van der Waals surface area contributed by atoms with Crippen LogP contribution in [-0.4, -0.2) is 26.3 Å². The summed E-state index contributed by atoms with van der Waals surface area (Å²) in [7, 11) is 0. The number of rotatable bonds is 5. The summed E-state index contributed by atoms with van der Waals surface area (Å²) in [6.07, 6.45) is 6.16. The maximum Gasteiger partial charge on any atom is 0.179 e. The molecule has 3 nitrogen and oxygen atoms in total. The first-order chi connectivity index (χ1) is 9.31. The largest absolute Gasteiger partial charge is 0.489 e. The minimum atomic E-state index is 0.612. The van der Waals surface area contributed by atoms with Crippen LogP contribution in [0, 0.1) is 0 Å². The number of hydrogen-bond acceptors (Lipinski definition) is 3. The molecule has 1 heterocycles. The van der Waals surface area contributed by atoms with Crippen molar-refractivity contribution < 1.29 is 9.47 Å². The molecule has 1 aromatic carbocycles. The molecule has 0 atom stereocenters. The molecule has 1 aliphatic rings. The Labute approximate surface area is 119 Å². The fraction of sp³-hybridized carbons (Fsp3) is 0.467. The molecular formula is C15H20ClNO2. The lowest BCUT2D eigenvalue weighted by atomic mass is 10.2. The fourth-order valence-electron chi connectivity index (χ4n) is 1.90. The molecule has 1 N–H and O–H groups in total. The molecule has 0 radical (unpaired) electrons. The molecule has 19 heavy (non-hydrogen) atoms. The Kier molecular flexibility index (Phi) is 5.55. The molecule has 0 saturated carbocycles. The summed E-state index contributed by atoms with van der Waals surface area (Å²) in [6, 6.07) is 3.88. The minimum absolute atomic E-state index is 0.612. The second-order valence-electron chi connectivity index (χ2n) is 4.49. The second kappa shape index (κ2) is 7.41. The van der Waals surface area contributed by atoms with Crippen LogP contribution in [0.5, 0.6) is 11.5 Å². The van der Waals surface area contributed by atoms with Crippen molar-refractivity contribution in [1.82, 2.24) is 5.32 Å². The van der Waals surface area contributed by atoms with Gasteiger partial charge in [-0.05, 0) is 30.7 Å². The Bertz CT molecular complexity index is 446. The van der Waals surface area contributed by atoms with Gasteiger partial charge >= 0.3 is 0 Å². The number of fused-ring (bicyclic) bond motifs is 1. The molecule has 0 aromatic heterocycles. The lowest BCUT2D eigenvalue weighted by molar-refractivity contribution is 0.297. The van der Waals surface area contributed by atoms with E-state index in [-0.39, 0.29) is 0 Å². The molecule has 0 fully saturated rings. The van der Waals surface area contributed by atoms with E-state index in [0.717, 1.165) is 37.2 Å². The van der Waals surface area contributed by atoms with Crippen molar-refractivity contribution in [2.24, 2.45) is 0 Å². The van der Waals surface area contributed by atoms with E-state index < -0.39 is 0 Å². The predicted molar refractivity (Wildman–Crippen MR) is 79.3 cm³/mol. The number of ether oxygens (including phenoxy) is 2. The monoisotopic (exact) mass is 281 g/mol. The van der Waals surface area contributed by atoms with Crippen molar-refractivity contribution in [2.45, 2.75) is 19.8 Å². The third-order valence-electron chi connectivity index (χ3n) is 2.82. The van der Waals surface area contributed by atoms with Crippen LogP contribution in [0.15, 0.2) is 18.2 Å². The lowest BCUT2D eigenvalue weighted by Gasteiger charge is -2.10. The highest BCUT2D eigenvalue weighted by molar-refractivity contribution is 6.32. The number of hydrogen-bond donors (Lipinski definition) is 1. The van der Waals surface area contributed by atoms with Crippen molar-refractivity contribution in [2.75, 3.05) is 26.3 Å². The molecular weight excluding hydrogens is 262 g/mol. The van der Waals surface area contributed by atoms with E-state index in [1.807, 2.05) is 18.2 Å². The summed E-state index contributed by atoms with van der Waals surface area (Å²) in [6.45, 7) is 5.38. The van der Waals surface area contributed by atoms with Gasteiger partial charge in [-0.1, -0.05) is 30.7 Å². The quantitative estimate of drug-likeness (QED) is 0.838. The average molecular weight is 282 g/mol. The van der Waals surface area contributed by atoms with Gasteiger partial charge < -0.3 is 14.8 Å². The first-order valence-electron chi connectivity index (χ1n) is 6.77. The molecule has 0 spiro atoms. The van der Waals surface area contributed by atoms with Crippen molar-refractivity contribution in [1.29, 1.82) is 0 Å². The van der Waals surface area contributed by atoms with E-state index in [2.05, 4.69) is 18.3 Å². The molecule has 0 unspecified atom stereocenters. The molecule has 104 valence electrons. The highest BCUT2D eigenvalue weighted by Gasteiger charge is 2.14. The van der Waals surface area contributed by atoms with E-state index in [4.69, 9.17) is 21.1 Å². The van der Waals surface area contributed by atoms with Gasteiger partial charge in [0, 0.05) is 13.0 Å². The lowest BCUT2D eigenvalue weighted by Crippen LogP contribution is -2.13. The third kappa shape index (κ3) is 4.15. The van der Waals surface area contributed by atoms with Crippen LogP contribution >= 0.6 is 11.6 Å². The number of halogens is 1. The Morgan fingerprint density at radius 2 is 2.16 bits per heavy atom. The second-order valence-corrected chi connectivity index (χ2v) is 4.89. The smallest absolute Gasteiger partial charge is 0.179 e.